The SMILES string of the molecule is COC[C@H](C)Oc1cc(Oc2ccc(S(C)(=O)=O)cc2)cc(-c2cccn2C(=O)O)c1. The summed E-state index contributed by atoms with van der Waals surface area (Å²) in [6.07, 6.45) is 1.23. The van der Waals surface area contributed by atoms with E-state index in [9.17, 15) is 18.3 Å². The number of rotatable bonds is 8. The van der Waals surface area contributed by atoms with Crippen LogP contribution in [0.25, 0.3) is 11.3 Å². The topological polar surface area (TPSA) is 104 Å². The van der Waals surface area contributed by atoms with Crippen LogP contribution in [0.15, 0.2) is 65.7 Å². The standard InChI is InChI=1S/C22H23NO7S/c1-15(14-28-2)29-18-11-16(21-5-4-10-23(21)22(24)25)12-19(13-18)30-17-6-8-20(9-7-17)31(3,26)27/h4-13,15H,14H2,1-3H3,(H,24,25)/t15-/m0/s1. The maximum absolute atomic E-state index is 11.6. The summed E-state index contributed by atoms with van der Waals surface area (Å²) in [6, 6.07) is 14.4. The molecule has 1 heterocycles. The van der Waals surface area contributed by atoms with E-state index in [0.29, 0.717) is 35.1 Å². The van der Waals surface area contributed by atoms with E-state index in [1.54, 1.807) is 49.6 Å². The van der Waals surface area contributed by atoms with E-state index in [4.69, 9.17) is 14.2 Å². The van der Waals surface area contributed by atoms with E-state index >= 15 is 0 Å². The van der Waals surface area contributed by atoms with Crippen molar-refractivity contribution in [2.24, 2.45) is 0 Å². The molecule has 1 aromatic heterocycles. The second-order valence-electron chi connectivity index (χ2n) is 6.97. The molecular formula is C22H23NO7S. The molecule has 0 bridgehead atoms. The molecule has 0 saturated carbocycles. The van der Waals surface area contributed by atoms with Gasteiger partial charge in [-0.15, -0.1) is 0 Å². The van der Waals surface area contributed by atoms with Crippen LogP contribution >= 0.6 is 0 Å². The maximum Gasteiger partial charge on any atom is 0.415 e. The summed E-state index contributed by atoms with van der Waals surface area (Å²) in [4.78, 5) is 11.7. The molecule has 0 saturated heterocycles. The molecule has 0 fully saturated rings. The molecule has 0 aliphatic rings. The number of hydrogen-bond donors (Lipinski definition) is 1. The number of benzene rings is 2. The molecule has 8 nitrogen and oxygen atoms in total. The predicted octanol–water partition coefficient (Wildman–Crippen LogP) is 4.29. The second kappa shape index (κ2) is 9.23. The van der Waals surface area contributed by atoms with Gasteiger partial charge < -0.3 is 19.3 Å². The number of nitrogens with zero attached hydrogens (tertiary/aromatic N) is 1. The molecule has 0 amide bonds. The molecule has 1 N–H and O–H groups in total. The summed E-state index contributed by atoms with van der Waals surface area (Å²) < 4.78 is 41.3. The van der Waals surface area contributed by atoms with Crippen LogP contribution in [0.3, 0.4) is 0 Å². The van der Waals surface area contributed by atoms with Crippen LogP contribution in [0.5, 0.6) is 17.2 Å². The molecule has 3 aromatic rings. The lowest BCUT2D eigenvalue weighted by Gasteiger charge is -2.17. The van der Waals surface area contributed by atoms with Crippen LogP contribution in [-0.4, -0.2) is 50.3 Å². The minimum absolute atomic E-state index is 0.185. The Hall–Kier alpha value is -3.30. The van der Waals surface area contributed by atoms with Gasteiger partial charge in [-0.1, -0.05) is 0 Å². The highest BCUT2D eigenvalue weighted by Crippen LogP contribution is 2.33. The number of sulfone groups is 1. The van der Waals surface area contributed by atoms with Gasteiger partial charge in [-0.25, -0.2) is 13.2 Å². The number of aromatic nitrogens is 1. The van der Waals surface area contributed by atoms with Gasteiger partial charge in [0.1, 0.15) is 23.4 Å². The number of hydrogen-bond acceptors (Lipinski definition) is 6. The highest BCUT2D eigenvalue weighted by atomic mass is 32.2. The second-order valence-corrected chi connectivity index (χ2v) is 8.98. The summed E-state index contributed by atoms with van der Waals surface area (Å²) in [5.74, 6) is 1.30. The normalized spacial score (nSPS) is 12.4. The van der Waals surface area contributed by atoms with Crippen molar-refractivity contribution in [3.8, 4) is 28.5 Å². The first kappa shape index (κ1) is 22.4. The molecule has 2 aromatic carbocycles. The van der Waals surface area contributed by atoms with Crippen molar-refractivity contribution < 1.29 is 32.5 Å². The quantitative estimate of drug-likeness (QED) is 0.551. The maximum atomic E-state index is 11.6. The van der Waals surface area contributed by atoms with Crippen molar-refractivity contribution in [2.75, 3.05) is 20.0 Å². The molecule has 0 spiro atoms. The van der Waals surface area contributed by atoms with E-state index in [1.165, 1.54) is 18.3 Å². The van der Waals surface area contributed by atoms with Gasteiger partial charge in [0, 0.05) is 31.2 Å². The van der Waals surface area contributed by atoms with Crippen molar-refractivity contribution in [3.05, 3.63) is 60.8 Å². The third-order valence-electron chi connectivity index (χ3n) is 4.36. The van der Waals surface area contributed by atoms with E-state index in [2.05, 4.69) is 0 Å². The smallest absolute Gasteiger partial charge is 0.415 e. The third-order valence-corrected chi connectivity index (χ3v) is 5.49. The molecule has 0 unspecified atom stereocenters. The average molecular weight is 445 g/mol. The number of carbonyl (C=O) groups is 1. The van der Waals surface area contributed by atoms with Crippen LogP contribution in [0.4, 0.5) is 4.79 Å². The lowest BCUT2D eigenvalue weighted by molar-refractivity contribution is 0.0920. The van der Waals surface area contributed by atoms with Crippen molar-refractivity contribution in [3.63, 3.8) is 0 Å². The van der Waals surface area contributed by atoms with Gasteiger partial charge >= 0.3 is 6.09 Å². The number of methoxy groups -OCH3 is 1. The largest absolute Gasteiger partial charge is 0.488 e. The Kier molecular flexibility index (Phi) is 6.67. The average Bonchev–Trinajstić information content (AvgIpc) is 3.18. The van der Waals surface area contributed by atoms with Gasteiger partial charge in [0.15, 0.2) is 9.84 Å². The number of carboxylic acid groups (broad SMARTS) is 1. The van der Waals surface area contributed by atoms with Crippen molar-refractivity contribution in [2.45, 2.75) is 17.9 Å². The Balaban J connectivity index is 1.98. The van der Waals surface area contributed by atoms with Crippen LogP contribution < -0.4 is 9.47 Å². The Labute approximate surface area is 180 Å². The van der Waals surface area contributed by atoms with E-state index < -0.39 is 15.9 Å². The fourth-order valence-electron chi connectivity index (χ4n) is 3.02. The first-order valence-corrected chi connectivity index (χ1v) is 11.3. The first-order chi connectivity index (χ1) is 14.7. The van der Waals surface area contributed by atoms with E-state index in [0.717, 1.165) is 10.8 Å². The van der Waals surface area contributed by atoms with Crippen LogP contribution in [0, 0.1) is 0 Å². The Morgan fingerprint density at radius 2 is 1.74 bits per heavy atom. The molecule has 3 rings (SSSR count). The lowest BCUT2D eigenvalue weighted by atomic mass is 10.1. The minimum atomic E-state index is -3.31. The summed E-state index contributed by atoms with van der Waals surface area (Å²) >= 11 is 0. The van der Waals surface area contributed by atoms with Gasteiger partial charge in [0.2, 0.25) is 0 Å². The van der Waals surface area contributed by atoms with Crippen LogP contribution in [-0.2, 0) is 14.6 Å². The number of ether oxygens (including phenoxy) is 3. The molecule has 31 heavy (non-hydrogen) atoms. The van der Waals surface area contributed by atoms with Crippen LogP contribution in [0.2, 0.25) is 0 Å². The fourth-order valence-corrected chi connectivity index (χ4v) is 3.65. The lowest BCUT2D eigenvalue weighted by Crippen LogP contribution is -2.18. The Bertz CT molecular complexity index is 1170. The summed E-state index contributed by atoms with van der Waals surface area (Å²) in [7, 11) is -1.74. The first-order valence-electron chi connectivity index (χ1n) is 9.37. The molecule has 9 heteroatoms. The van der Waals surface area contributed by atoms with Gasteiger partial charge in [-0.2, -0.15) is 0 Å². The Morgan fingerprint density at radius 3 is 2.35 bits per heavy atom. The van der Waals surface area contributed by atoms with Crippen molar-refractivity contribution in [1.29, 1.82) is 0 Å². The summed E-state index contributed by atoms with van der Waals surface area (Å²) in [6.45, 7) is 2.22. The molecule has 1 atom stereocenters. The van der Waals surface area contributed by atoms with Crippen molar-refractivity contribution >= 4 is 15.9 Å². The molecular weight excluding hydrogens is 422 g/mol. The van der Waals surface area contributed by atoms with Crippen molar-refractivity contribution in [1.82, 2.24) is 4.57 Å². The highest BCUT2D eigenvalue weighted by Gasteiger charge is 2.14. The zero-order chi connectivity index (χ0) is 22.6. The van der Waals surface area contributed by atoms with Crippen LogP contribution in [0.1, 0.15) is 6.92 Å². The summed E-state index contributed by atoms with van der Waals surface area (Å²) in [5, 5.41) is 9.43. The molecule has 164 valence electrons. The molecule has 0 aliphatic carbocycles. The molecule has 0 aliphatic heterocycles. The van der Waals surface area contributed by atoms with Gasteiger partial charge in [-0.3, -0.25) is 4.57 Å². The van der Waals surface area contributed by atoms with E-state index in [1.807, 2.05) is 6.92 Å². The predicted molar refractivity (Wildman–Crippen MR) is 115 cm³/mol. The Morgan fingerprint density at radius 1 is 1.06 bits per heavy atom. The van der Waals surface area contributed by atoms with Gasteiger partial charge in [0.05, 0.1) is 17.2 Å². The fraction of sp³-hybridized carbons (Fsp3) is 0.227. The van der Waals surface area contributed by atoms with E-state index in [-0.39, 0.29) is 11.0 Å². The third kappa shape index (κ3) is 5.65. The monoisotopic (exact) mass is 445 g/mol. The highest BCUT2D eigenvalue weighted by molar-refractivity contribution is 7.90. The zero-order valence-electron chi connectivity index (χ0n) is 17.3. The van der Waals surface area contributed by atoms with Gasteiger partial charge in [0.25, 0.3) is 0 Å². The summed E-state index contributed by atoms with van der Waals surface area (Å²) in [5.41, 5.74) is 1.03. The molecule has 0 radical (unpaired) electrons. The zero-order valence-corrected chi connectivity index (χ0v) is 18.1. The van der Waals surface area contributed by atoms with Gasteiger partial charge in [-0.05, 0) is 55.5 Å². The minimum Gasteiger partial charge on any atom is -0.488 e.